The predicted molar refractivity (Wildman–Crippen MR) is 78.8 cm³/mol. The Balaban J connectivity index is 1.67. The summed E-state index contributed by atoms with van der Waals surface area (Å²) in [5.74, 6) is 0.0214. The first kappa shape index (κ1) is 14.7. The molecule has 21 heavy (non-hydrogen) atoms. The average Bonchev–Trinajstić information content (AvgIpc) is 3.02. The molecule has 3 aliphatic rings. The molecule has 1 saturated heterocycles. The van der Waals surface area contributed by atoms with Crippen molar-refractivity contribution in [3.63, 3.8) is 0 Å². The van der Waals surface area contributed by atoms with Crippen LogP contribution in [0.1, 0.15) is 46.0 Å². The molecular formula is C16H26N2O3. The Bertz CT molecular complexity index is 439. The third kappa shape index (κ3) is 2.62. The average molecular weight is 294 g/mol. The van der Waals surface area contributed by atoms with Crippen LogP contribution in [-0.4, -0.2) is 40.6 Å². The van der Waals surface area contributed by atoms with Crippen LogP contribution in [0.15, 0.2) is 0 Å². The molecule has 3 fully saturated rings. The molecule has 0 aromatic rings. The van der Waals surface area contributed by atoms with Crippen molar-refractivity contribution in [2.45, 2.75) is 58.0 Å². The van der Waals surface area contributed by atoms with Crippen LogP contribution < -0.4 is 5.32 Å². The Hall–Kier alpha value is -1.26. The van der Waals surface area contributed by atoms with Gasteiger partial charge in [0.25, 0.3) is 0 Å². The van der Waals surface area contributed by atoms with E-state index in [1.807, 2.05) is 4.90 Å². The third-order valence-electron chi connectivity index (χ3n) is 5.87. The van der Waals surface area contributed by atoms with Crippen LogP contribution in [0.3, 0.4) is 0 Å². The van der Waals surface area contributed by atoms with Crippen LogP contribution in [0.4, 0.5) is 4.79 Å². The Morgan fingerprint density at radius 2 is 1.81 bits per heavy atom. The van der Waals surface area contributed by atoms with E-state index in [1.54, 1.807) is 0 Å². The van der Waals surface area contributed by atoms with E-state index in [0.29, 0.717) is 11.8 Å². The molecular weight excluding hydrogens is 268 g/mol. The Morgan fingerprint density at radius 3 is 2.52 bits per heavy atom. The number of piperidine rings is 1. The lowest BCUT2D eigenvalue weighted by Gasteiger charge is -2.39. The summed E-state index contributed by atoms with van der Waals surface area (Å²) in [5, 5.41) is 12.5. The number of carboxylic acid groups (broad SMARTS) is 1. The number of fused-ring (bicyclic) bond motifs is 2. The van der Waals surface area contributed by atoms with Crippen LogP contribution in [-0.2, 0) is 4.79 Å². The van der Waals surface area contributed by atoms with Gasteiger partial charge in [-0.2, -0.15) is 0 Å². The van der Waals surface area contributed by atoms with Gasteiger partial charge in [0.05, 0.1) is 5.92 Å². The second kappa shape index (κ2) is 5.50. The highest BCUT2D eigenvalue weighted by Crippen LogP contribution is 2.48. The number of rotatable bonds is 2. The summed E-state index contributed by atoms with van der Waals surface area (Å²) in [5.41, 5.74) is 0. The molecule has 5 nitrogen and oxygen atoms in total. The Kier molecular flexibility index (Phi) is 3.84. The van der Waals surface area contributed by atoms with E-state index in [0.717, 1.165) is 38.6 Å². The zero-order valence-electron chi connectivity index (χ0n) is 12.9. The van der Waals surface area contributed by atoms with Crippen LogP contribution >= 0.6 is 0 Å². The number of carbonyl (C=O) groups is 2. The molecule has 2 amide bonds. The SMILES string of the molecule is CC1CCC(C)N(C(=O)NC2C3CCC(C3)C2C(=O)O)C1. The maximum Gasteiger partial charge on any atom is 0.317 e. The Morgan fingerprint density at radius 1 is 1.10 bits per heavy atom. The minimum Gasteiger partial charge on any atom is -0.481 e. The topological polar surface area (TPSA) is 69.6 Å². The van der Waals surface area contributed by atoms with Gasteiger partial charge in [0.15, 0.2) is 0 Å². The summed E-state index contributed by atoms with van der Waals surface area (Å²) >= 11 is 0. The second-order valence-corrected chi connectivity index (χ2v) is 7.36. The monoisotopic (exact) mass is 294 g/mol. The zero-order chi connectivity index (χ0) is 15.1. The Labute approximate surface area is 126 Å². The highest BCUT2D eigenvalue weighted by atomic mass is 16.4. The lowest BCUT2D eigenvalue weighted by atomic mass is 9.84. The number of aliphatic carboxylic acids is 1. The molecule has 0 aromatic heterocycles. The van der Waals surface area contributed by atoms with Gasteiger partial charge in [-0.25, -0.2) is 4.79 Å². The molecule has 0 radical (unpaired) electrons. The molecule has 3 rings (SSSR count). The number of hydrogen-bond acceptors (Lipinski definition) is 2. The first-order valence-corrected chi connectivity index (χ1v) is 8.27. The number of urea groups is 1. The van der Waals surface area contributed by atoms with Crippen LogP contribution in [0, 0.1) is 23.7 Å². The van der Waals surface area contributed by atoms with E-state index >= 15 is 0 Å². The molecule has 2 aliphatic carbocycles. The van der Waals surface area contributed by atoms with Gasteiger partial charge in [0.1, 0.15) is 0 Å². The van der Waals surface area contributed by atoms with Crippen LogP contribution in [0.5, 0.6) is 0 Å². The van der Waals surface area contributed by atoms with Gasteiger partial charge in [-0.1, -0.05) is 6.92 Å². The first-order valence-electron chi connectivity index (χ1n) is 8.27. The molecule has 1 heterocycles. The van der Waals surface area contributed by atoms with Crippen molar-refractivity contribution in [3.05, 3.63) is 0 Å². The van der Waals surface area contributed by atoms with Gasteiger partial charge in [-0.15, -0.1) is 0 Å². The molecule has 118 valence electrons. The molecule has 0 spiro atoms. The lowest BCUT2D eigenvalue weighted by molar-refractivity contribution is -0.144. The van der Waals surface area contributed by atoms with E-state index in [2.05, 4.69) is 19.2 Å². The standard InChI is InChI=1S/C16H26N2O3/c1-9-3-4-10(2)18(8-9)16(21)17-14-12-6-5-11(7-12)13(14)15(19)20/h9-14H,3-8H2,1-2H3,(H,17,21)(H,19,20). The van der Waals surface area contributed by atoms with Crippen LogP contribution in [0.25, 0.3) is 0 Å². The normalized spacial score (nSPS) is 42.1. The summed E-state index contributed by atoms with van der Waals surface area (Å²) < 4.78 is 0. The fourth-order valence-corrected chi connectivity index (χ4v) is 4.65. The van der Waals surface area contributed by atoms with Gasteiger partial charge in [-0.05, 0) is 56.8 Å². The molecule has 1 aliphatic heterocycles. The van der Waals surface area contributed by atoms with Gasteiger partial charge >= 0.3 is 12.0 Å². The van der Waals surface area contributed by atoms with Crippen LogP contribution in [0.2, 0.25) is 0 Å². The minimum atomic E-state index is -0.743. The number of nitrogens with zero attached hydrogens (tertiary/aromatic N) is 1. The summed E-state index contributed by atoms with van der Waals surface area (Å²) in [6.07, 6.45) is 5.23. The maximum absolute atomic E-state index is 12.6. The lowest BCUT2D eigenvalue weighted by Crippen LogP contribution is -2.55. The van der Waals surface area contributed by atoms with Gasteiger partial charge < -0.3 is 15.3 Å². The van der Waals surface area contributed by atoms with Crippen molar-refractivity contribution in [1.29, 1.82) is 0 Å². The fraction of sp³-hybridized carbons (Fsp3) is 0.875. The van der Waals surface area contributed by atoms with Crippen molar-refractivity contribution in [2.75, 3.05) is 6.54 Å². The van der Waals surface area contributed by atoms with E-state index in [1.165, 1.54) is 0 Å². The number of likely N-dealkylation sites (tertiary alicyclic amines) is 1. The third-order valence-corrected chi connectivity index (χ3v) is 5.87. The zero-order valence-corrected chi connectivity index (χ0v) is 12.9. The first-order chi connectivity index (χ1) is 9.97. The number of carboxylic acids is 1. The summed E-state index contributed by atoms with van der Waals surface area (Å²) in [4.78, 5) is 26.0. The predicted octanol–water partition coefficient (Wildman–Crippen LogP) is 2.32. The second-order valence-electron chi connectivity index (χ2n) is 7.36. The van der Waals surface area contributed by atoms with Crippen molar-refractivity contribution >= 4 is 12.0 Å². The van der Waals surface area contributed by atoms with E-state index < -0.39 is 5.97 Å². The number of nitrogens with one attached hydrogen (secondary N) is 1. The van der Waals surface area contributed by atoms with Gasteiger partial charge in [-0.3, -0.25) is 4.79 Å². The van der Waals surface area contributed by atoms with E-state index in [9.17, 15) is 14.7 Å². The number of carbonyl (C=O) groups excluding carboxylic acids is 1. The van der Waals surface area contributed by atoms with Gasteiger partial charge in [0.2, 0.25) is 0 Å². The number of hydrogen-bond donors (Lipinski definition) is 2. The summed E-state index contributed by atoms with van der Waals surface area (Å²) in [6, 6.07) is 0.0269. The molecule has 2 saturated carbocycles. The largest absolute Gasteiger partial charge is 0.481 e. The maximum atomic E-state index is 12.6. The van der Waals surface area contributed by atoms with Crippen molar-refractivity contribution in [1.82, 2.24) is 10.2 Å². The number of amides is 2. The van der Waals surface area contributed by atoms with Gasteiger partial charge in [0, 0.05) is 18.6 Å². The van der Waals surface area contributed by atoms with Crippen molar-refractivity contribution < 1.29 is 14.7 Å². The molecule has 0 aromatic carbocycles. The molecule has 5 heteroatoms. The van der Waals surface area contributed by atoms with Crippen molar-refractivity contribution in [3.8, 4) is 0 Å². The molecule has 6 atom stereocenters. The molecule has 2 N–H and O–H groups in total. The van der Waals surface area contributed by atoms with Crippen molar-refractivity contribution in [2.24, 2.45) is 23.7 Å². The highest BCUT2D eigenvalue weighted by Gasteiger charge is 2.52. The molecule has 6 unspecified atom stereocenters. The quantitative estimate of drug-likeness (QED) is 0.821. The van der Waals surface area contributed by atoms with E-state index in [-0.39, 0.29) is 30.0 Å². The summed E-state index contributed by atoms with van der Waals surface area (Å²) in [6.45, 7) is 5.04. The summed E-state index contributed by atoms with van der Waals surface area (Å²) in [7, 11) is 0. The molecule has 2 bridgehead atoms. The highest BCUT2D eigenvalue weighted by molar-refractivity contribution is 5.78. The fourth-order valence-electron chi connectivity index (χ4n) is 4.65. The van der Waals surface area contributed by atoms with E-state index in [4.69, 9.17) is 0 Å². The minimum absolute atomic E-state index is 0.0575. The smallest absolute Gasteiger partial charge is 0.317 e.